The fourth-order valence-corrected chi connectivity index (χ4v) is 6.12. The van der Waals surface area contributed by atoms with E-state index >= 15 is 0 Å². The first-order chi connectivity index (χ1) is 22.2. The molecule has 1 aliphatic carbocycles. The zero-order valence-corrected chi connectivity index (χ0v) is 26.6. The number of hydrogen-bond donors (Lipinski definition) is 1. The van der Waals surface area contributed by atoms with Crippen molar-refractivity contribution in [1.82, 2.24) is 9.97 Å². The average Bonchev–Trinajstić information content (AvgIpc) is 3.01. The van der Waals surface area contributed by atoms with Gasteiger partial charge in [-0.2, -0.15) is 13.2 Å². The summed E-state index contributed by atoms with van der Waals surface area (Å²) in [6.07, 6.45) is -0.880. The van der Waals surface area contributed by atoms with Crippen molar-refractivity contribution in [2.24, 2.45) is 11.8 Å². The number of fused-ring (bicyclic) bond motifs is 1. The maximum atomic E-state index is 14.3. The average molecular weight is 648 g/mol. The van der Waals surface area contributed by atoms with Gasteiger partial charge in [0.1, 0.15) is 11.3 Å². The molecule has 2 heterocycles. The molecule has 1 fully saturated rings. The smallest absolute Gasteiger partial charge is 0.421 e. The Bertz CT molecular complexity index is 1830. The van der Waals surface area contributed by atoms with Gasteiger partial charge in [-0.15, -0.1) is 0 Å². The number of aromatic nitrogens is 2. The number of aryl methyl sites for hydroxylation is 1. The first-order valence-corrected chi connectivity index (χ1v) is 15.6. The van der Waals surface area contributed by atoms with Crippen LogP contribution in [0.15, 0.2) is 60.8 Å². The van der Waals surface area contributed by atoms with Crippen LogP contribution in [0.3, 0.4) is 0 Å². The second-order valence-electron chi connectivity index (χ2n) is 12.5. The largest absolute Gasteiger partial charge is 0.478 e. The molecule has 1 saturated carbocycles. The van der Waals surface area contributed by atoms with E-state index in [1.807, 2.05) is 0 Å². The van der Waals surface area contributed by atoms with E-state index in [0.29, 0.717) is 40.9 Å². The van der Waals surface area contributed by atoms with Crippen molar-refractivity contribution in [3.63, 3.8) is 0 Å². The van der Waals surface area contributed by atoms with Crippen molar-refractivity contribution in [1.29, 1.82) is 0 Å². The number of amides is 1. The lowest BCUT2D eigenvalue weighted by atomic mass is 9.82. The Labute approximate surface area is 270 Å². The number of anilines is 1. The third kappa shape index (κ3) is 7.45. The van der Waals surface area contributed by atoms with Crippen LogP contribution in [0.2, 0.25) is 0 Å². The second-order valence-corrected chi connectivity index (χ2v) is 12.5. The molecule has 4 aromatic rings. The highest BCUT2D eigenvalue weighted by molar-refractivity contribution is 6.08. The normalized spacial score (nSPS) is 16.7. The monoisotopic (exact) mass is 647 g/mol. The molecule has 5 rings (SSSR count). The third-order valence-electron chi connectivity index (χ3n) is 8.51. The summed E-state index contributed by atoms with van der Waals surface area (Å²) in [7, 11) is 0. The first kappa shape index (κ1) is 33.6. The van der Waals surface area contributed by atoms with Crippen molar-refractivity contribution in [3.8, 4) is 11.6 Å². The van der Waals surface area contributed by atoms with E-state index in [1.165, 1.54) is 17.0 Å². The molecule has 11 heteroatoms. The molecule has 2 aromatic carbocycles. The van der Waals surface area contributed by atoms with Gasteiger partial charge in [-0.05, 0) is 94.3 Å². The van der Waals surface area contributed by atoms with Crippen LogP contribution < -0.4 is 9.64 Å². The predicted molar refractivity (Wildman–Crippen MR) is 171 cm³/mol. The number of carbonyl (C=O) groups excluding carboxylic acids is 2. The number of nitrogens with zero attached hydrogens (tertiary/aromatic N) is 3. The van der Waals surface area contributed by atoms with Crippen LogP contribution in [0.25, 0.3) is 10.9 Å². The molecule has 1 N–H and O–H groups in total. The van der Waals surface area contributed by atoms with Gasteiger partial charge in [-0.25, -0.2) is 9.78 Å². The fraction of sp³-hybridized carbons (Fsp3) is 0.361. The van der Waals surface area contributed by atoms with Gasteiger partial charge in [0.25, 0.3) is 0 Å². The van der Waals surface area contributed by atoms with Crippen molar-refractivity contribution >= 4 is 34.3 Å². The summed E-state index contributed by atoms with van der Waals surface area (Å²) in [5.74, 6) is -2.65. The minimum atomic E-state index is -4.89. The Morgan fingerprint density at radius 3 is 2.36 bits per heavy atom. The number of Topliss-reactive ketones (excluding diaryl/α,β-unsaturated/α-hetero) is 1. The topological polar surface area (TPSA) is 110 Å². The number of aromatic carboxylic acids is 1. The lowest BCUT2D eigenvalue weighted by molar-refractivity contribution is -0.139. The number of benzene rings is 2. The van der Waals surface area contributed by atoms with Gasteiger partial charge in [0.15, 0.2) is 5.78 Å². The lowest BCUT2D eigenvalue weighted by Gasteiger charge is -2.34. The molecular formula is C36H36F3N3O5. The van der Waals surface area contributed by atoms with Gasteiger partial charge < -0.3 is 14.7 Å². The molecule has 0 aliphatic heterocycles. The standard InChI is InChI=1S/C36H36F3N3O5/c1-20(2)42(34(44)24-11-9-21(3)10-12-24)31-14-13-25(18-28(31)35(45)46)47-33-29(36(37,38)39)16-23(19-40-33)17-32(43)27-15-22(4)41-30-8-6-5-7-26(27)30/h5-8,13-16,18-21,24H,9-12,17H2,1-4H3,(H,45,46). The maximum Gasteiger partial charge on any atom is 0.421 e. The molecular weight excluding hydrogens is 611 g/mol. The number of carboxylic acids is 1. The summed E-state index contributed by atoms with van der Waals surface area (Å²) >= 11 is 0. The number of pyridine rings is 2. The highest BCUT2D eigenvalue weighted by Crippen LogP contribution is 2.39. The highest BCUT2D eigenvalue weighted by atomic mass is 19.4. The van der Waals surface area contributed by atoms with Crippen molar-refractivity contribution in [2.45, 2.75) is 72.0 Å². The number of alkyl halides is 3. The Hall–Kier alpha value is -4.80. The predicted octanol–water partition coefficient (Wildman–Crippen LogP) is 8.44. The number of para-hydroxylation sites is 1. The Morgan fingerprint density at radius 1 is 1.00 bits per heavy atom. The number of ketones is 1. The summed E-state index contributed by atoms with van der Waals surface area (Å²) in [5.41, 5.74) is 0.203. The number of ether oxygens (including phenoxy) is 1. The Kier molecular flexibility index (Phi) is 9.65. The van der Waals surface area contributed by atoms with E-state index in [1.54, 1.807) is 51.1 Å². The number of carboxylic acid groups (broad SMARTS) is 1. The lowest BCUT2D eigenvalue weighted by Crippen LogP contribution is -2.42. The van der Waals surface area contributed by atoms with Gasteiger partial charge in [0, 0.05) is 41.2 Å². The summed E-state index contributed by atoms with van der Waals surface area (Å²) in [5, 5.41) is 10.7. The van der Waals surface area contributed by atoms with Crippen molar-refractivity contribution in [2.75, 3.05) is 4.90 Å². The zero-order chi connectivity index (χ0) is 34.0. The zero-order valence-electron chi connectivity index (χ0n) is 26.6. The third-order valence-corrected chi connectivity index (χ3v) is 8.51. The van der Waals surface area contributed by atoms with Gasteiger partial charge in [0.2, 0.25) is 11.8 Å². The molecule has 0 bridgehead atoms. The summed E-state index contributed by atoms with van der Waals surface area (Å²) in [4.78, 5) is 49.0. The van der Waals surface area contributed by atoms with Crippen LogP contribution in [0.1, 0.15) is 84.0 Å². The van der Waals surface area contributed by atoms with E-state index in [-0.39, 0.29) is 46.9 Å². The molecule has 0 atom stereocenters. The fourth-order valence-electron chi connectivity index (χ4n) is 6.12. The molecule has 8 nitrogen and oxygen atoms in total. The SMILES string of the molecule is Cc1cc(C(=O)Cc2cnc(Oc3ccc(N(C(=O)C4CCC(C)CC4)C(C)C)c(C(=O)O)c3)c(C(F)(F)F)c2)c2ccccc2n1. The Balaban J connectivity index is 1.43. The van der Waals surface area contributed by atoms with Crippen LogP contribution in [0, 0.1) is 18.8 Å². The maximum absolute atomic E-state index is 14.3. The quantitative estimate of drug-likeness (QED) is 0.182. The number of hydrogen-bond acceptors (Lipinski definition) is 6. The van der Waals surface area contributed by atoms with E-state index in [4.69, 9.17) is 4.74 Å². The molecule has 2 aromatic heterocycles. The van der Waals surface area contributed by atoms with E-state index in [0.717, 1.165) is 31.2 Å². The van der Waals surface area contributed by atoms with Crippen LogP contribution in [-0.2, 0) is 17.4 Å². The van der Waals surface area contributed by atoms with Gasteiger partial charge in [-0.1, -0.05) is 25.1 Å². The minimum Gasteiger partial charge on any atom is -0.478 e. The van der Waals surface area contributed by atoms with Crippen LogP contribution in [-0.4, -0.2) is 38.8 Å². The van der Waals surface area contributed by atoms with Crippen molar-refractivity contribution in [3.05, 3.63) is 88.7 Å². The number of carbonyl (C=O) groups is 3. The summed E-state index contributed by atoms with van der Waals surface area (Å²) in [6, 6.07) is 12.9. The molecule has 47 heavy (non-hydrogen) atoms. The molecule has 1 aliphatic rings. The van der Waals surface area contributed by atoms with Crippen molar-refractivity contribution < 1.29 is 37.4 Å². The van der Waals surface area contributed by atoms with Crippen LogP contribution in [0.4, 0.5) is 18.9 Å². The summed E-state index contributed by atoms with van der Waals surface area (Å²) in [6.45, 7) is 7.43. The molecule has 246 valence electrons. The molecule has 0 radical (unpaired) electrons. The molecule has 0 spiro atoms. The van der Waals surface area contributed by atoms with E-state index in [9.17, 15) is 32.7 Å². The second kappa shape index (κ2) is 13.5. The minimum absolute atomic E-state index is 0.0259. The van der Waals surface area contributed by atoms with Gasteiger partial charge in [0.05, 0.1) is 16.8 Å². The molecule has 0 unspecified atom stereocenters. The Morgan fingerprint density at radius 2 is 1.70 bits per heavy atom. The van der Waals surface area contributed by atoms with E-state index in [2.05, 4.69) is 16.9 Å². The highest BCUT2D eigenvalue weighted by Gasteiger charge is 2.37. The van der Waals surface area contributed by atoms with Crippen LogP contribution >= 0.6 is 0 Å². The molecule has 0 saturated heterocycles. The molecule has 1 amide bonds. The number of rotatable bonds is 9. The first-order valence-electron chi connectivity index (χ1n) is 15.6. The van der Waals surface area contributed by atoms with Crippen LogP contribution in [0.5, 0.6) is 11.6 Å². The van der Waals surface area contributed by atoms with Gasteiger partial charge >= 0.3 is 12.1 Å². The summed E-state index contributed by atoms with van der Waals surface area (Å²) < 4.78 is 48.3. The van der Waals surface area contributed by atoms with E-state index < -0.39 is 29.4 Å². The number of halogens is 3. The van der Waals surface area contributed by atoms with Gasteiger partial charge in [-0.3, -0.25) is 14.6 Å².